The summed E-state index contributed by atoms with van der Waals surface area (Å²) in [6.45, 7) is 1.70. The molecule has 116 valence electrons. The first-order valence-electron chi connectivity index (χ1n) is 6.73. The van der Waals surface area contributed by atoms with Gasteiger partial charge in [0.1, 0.15) is 11.5 Å². The van der Waals surface area contributed by atoms with Gasteiger partial charge in [0.05, 0.1) is 5.92 Å². The van der Waals surface area contributed by atoms with Gasteiger partial charge in [-0.05, 0) is 37.1 Å². The Kier molecular flexibility index (Phi) is 4.88. The number of amides is 1. The summed E-state index contributed by atoms with van der Waals surface area (Å²) in [4.78, 5) is 23.1. The molecule has 1 aromatic heterocycles. The quantitative estimate of drug-likeness (QED) is 0.754. The lowest BCUT2D eigenvalue weighted by molar-refractivity contribution is -0.141. The van der Waals surface area contributed by atoms with Crippen molar-refractivity contribution < 1.29 is 19.1 Å². The van der Waals surface area contributed by atoms with Crippen molar-refractivity contribution in [3.63, 3.8) is 0 Å². The van der Waals surface area contributed by atoms with Crippen molar-refractivity contribution in [3.8, 4) is 0 Å². The van der Waals surface area contributed by atoms with Gasteiger partial charge in [0.15, 0.2) is 0 Å². The second kappa shape index (κ2) is 6.84. The Morgan fingerprint density at radius 3 is 2.77 bits per heavy atom. The molecule has 6 nitrogen and oxygen atoms in total. The first-order chi connectivity index (χ1) is 10.5. The summed E-state index contributed by atoms with van der Waals surface area (Å²) in [6.07, 6.45) is 0.132. The molecule has 0 aliphatic heterocycles. The molecule has 1 aromatic carbocycles. The van der Waals surface area contributed by atoms with Gasteiger partial charge in [-0.15, -0.1) is 0 Å². The number of rotatable bonds is 6. The van der Waals surface area contributed by atoms with Gasteiger partial charge in [0.2, 0.25) is 0 Å². The number of nitrogens with one attached hydrogen (secondary N) is 2. The molecular weight excluding hydrogens is 289 g/mol. The van der Waals surface area contributed by atoms with Crippen LogP contribution >= 0.6 is 0 Å². The Bertz CT molecular complexity index is 684. The summed E-state index contributed by atoms with van der Waals surface area (Å²) in [7, 11) is 0. The highest BCUT2D eigenvalue weighted by atomic mass is 19.1. The third kappa shape index (κ3) is 4.15. The molecule has 1 amide bonds. The lowest BCUT2D eigenvalue weighted by Crippen LogP contribution is -2.34. The van der Waals surface area contributed by atoms with E-state index in [1.807, 2.05) is 0 Å². The molecule has 2 rings (SSSR count). The van der Waals surface area contributed by atoms with E-state index in [4.69, 9.17) is 0 Å². The van der Waals surface area contributed by atoms with Crippen LogP contribution < -0.4 is 5.32 Å². The molecule has 0 radical (unpaired) electrons. The summed E-state index contributed by atoms with van der Waals surface area (Å²) in [5.41, 5.74) is 1.50. The Hall–Kier alpha value is -2.70. The Labute approximate surface area is 126 Å². The molecule has 1 unspecified atom stereocenters. The van der Waals surface area contributed by atoms with E-state index < -0.39 is 23.6 Å². The van der Waals surface area contributed by atoms with Gasteiger partial charge < -0.3 is 10.4 Å². The average Bonchev–Trinajstić information content (AvgIpc) is 2.89. The molecule has 0 fully saturated rings. The summed E-state index contributed by atoms with van der Waals surface area (Å²) in [5.74, 6) is -2.76. The number of hydrogen-bond acceptors (Lipinski definition) is 3. The molecule has 0 aliphatic rings. The molecule has 1 atom stereocenters. The number of carboxylic acid groups (broad SMARTS) is 1. The highest BCUT2D eigenvalue weighted by Gasteiger charge is 2.20. The number of carboxylic acids is 1. The minimum Gasteiger partial charge on any atom is -0.481 e. The van der Waals surface area contributed by atoms with Crippen LogP contribution in [0.5, 0.6) is 0 Å². The van der Waals surface area contributed by atoms with Crippen LogP contribution in [0.1, 0.15) is 21.7 Å². The van der Waals surface area contributed by atoms with E-state index in [2.05, 4.69) is 15.5 Å². The van der Waals surface area contributed by atoms with Crippen LogP contribution in [-0.2, 0) is 11.2 Å². The number of aromatic nitrogens is 2. The summed E-state index contributed by atoms with van der Waals surface area (Å²) < 4.78 is 13.1. The second-order valence-electron chi connectivity index (χ2n) is 5.02. The lowest BCUT2D eigenvalue weighted by Gasteiger charge is -2.13. The molecular formula is C15H16FN3O3. The zero-order valence-electron chi connectivity index (χ0n) is 12.0. The van der Waals surface area contributed by atoms with E-state index in [0.717, 1.165) is 5.69 Å². The SMILES string of the molecule is Cc1cc(C(=O)NCC(Cc2cccc(F)c2)C(=O)O)n[nH]1. The van der Waals surface area contributed by atoms with Crippen LogP contribution in [0.25, 0.3) is 0 Å². The van der Waals surface area contributed by atoms with Crippen molar-refractivity contribution in [2.24, 2.45) is 5.92 Å². The fourth-order valence-electron chi connectivity index (χ4n) is 2.04. The van der Waals surface area contributed by atoms with Gasteiger partial charge in [-0.3, -0.25) is 14.7 Å². The topological polar surface area (TPSA) is 95.1 Å². The first-order valence-corrected chi connectivity index (χ1v) is 6.73. The van der Waals surface area contributed by atoms with Crippen molar-refractivity contribution in [2.45, 2.75) is 13.3 Å². The predicted molar refractivity (Wildman–Crippen MR) is 76.9 cm³/mol. The number of carbonyl (C=O) groups is 2. The first kappa shape index (κ1) is 15.7. The van der Waals surface area contributed by atoms with Crippen molar-refractivity contribution >= 4 is 11.9 Å². The maximum absolute atomic E-state index is 13.1. The monoisotopic (exact) mass is 305 g/mol. The minimum atomic E-state index is -1.05. The molecule has 0 bridgehead atoms. The smallest absolute Gasteiger partial charge is 0.308 e. The lowest BCUT2D eigenvalue weighted by atomic mass is 9.99. The standard InChI is InChI=1S/C15H16FN3O3/c1-9-5-13(19-18-9)14(20)17-8-11(15(21)22)6-10-3-2-4-12(16)7-10/h2-5,7,11H,6,8H2,1H3,(H,17,20)(H,18,19)(H,21,22). The van der Waals surface area contributed by atoms with E-state index in [1.54, 1.807) is 19.1 Å². The van der Waals surface area contributed by atoms with Gasteiger partial charge >= 0.3 is 5.97 Å². The number of aromatic amines is 1. The van der Waals surface area contributed by atoms with Gasteiger partial charge in [0.25, 0.3) is 5.91 Å². The van der Waals surface area contributed by atoms with Crippen molar-refractivity contribution in [2.75, 3.05) is 6.54 Å². The molecule has 7 heteroatoms. The maximum Gasteiger partial charge on any atom is 0.308 e. The molecule has 0 saturated carbocycles. The maximum atomic E-state index is 13.1. The van der Waals surface area contributed by atoms with Gasteiger partial charge in [-0.25, -0.2) is 4.39 Å². The number of nitrogens with zero attached hydrogens (tertiary/aromatic N) is 1. The molecule has 3 N–H and O–H groups in total. The third-order valence-corrected chi connectivity index (χ3v) is 3.17. The number of aliphatic carboxylic acids is 1. The number of carbonyl (C=O) groups excluding carboxylic acids is 1. The van der Waals surface area contributed by atoms with Crippen molar-refractivity contribution in [1.29, 1.82) is 0 Å². The number of H-pyrrole nitrogens is 1. The summed E-state index contributed by atoms with van der Waals surface area (Å²) >= 11 is 0. The number of benzene rings is 1. The number of aryl methyl sites for hydroxylation is 1. The summed E-state index contributed by atoms with van der Waals surface area (Å²) in [5, 5.41) is 18.2. The predicted octanol–water partition coefficient (Wildman–Crippen LogP) is 1.53. The van der Waals surface area contributed by atoms with E-state index in [1.165, 1.54) is 18.2 Å². The fourth-order valence-corrected chi connectivity index (χ4v) is 2.04. The molecule has 0 saturated heterocycles. The van der Waals surface area contributed by atoms with Crippen molar-refractivity contribution in [3.05, 3.63) is 53.1 Å². The van der Waals surface area contributed by atoms with Crippen LogP contribution in [-0.4, -0.2) is 33.7 Å². The Morgan fingerprint density at radius 1 is 1.41 bits per heavy atom. The number of hydrogen-bond donors (Lipinski definition) is 3. The van der Waals surface area contributed by atoms with E-state index in [-0.39, 0.29) is 18.7 Å². The largest absolute Gasteiger partial charge is 0.481 e. The van der Waals surface area contributed by atoms with E-state index >= 15 is 0 Å². The van der Waals surface area contributed by atoms with Gasteiger partial charge in [-0.2, -0.15) is 5.10 Å². The normalized spacial score (nSPS) is 11.9. The molecule has 2 aromatic rings. The van der Waals surface area contributed by atoms with E-state index in [9.17, 15) is 19.1 Å². The molecule has 0 spiro atoms. The Balaban J connectivity index is 1.97. The highest BCUT2D eigenvalue weighted by molar-refractivity contribution is 5.92. The minimum absolute atomic E-state index is 0.0589. The van der Waals surface area contributed by atoms with Crippen molar-refractivity contribution in [1.82, 2.24) is 15.5 Å². The second-order valence-corrected chi connectivity index (χ2v) is 5.02. The summed E-state index contributed by atoms with van der Waals surface area (Å²) in [6, 6.07) is 7.32. The van der Waals surface area contributed by atoms with Crippen LogP contribution in [0.2, 0.25) is 0 Å². The van der Waals surface area contributed by atoms with Crippen LogP contribution in [0.4, 0.5) is 4.39 Å². The van der Waals surface area contributed by atoms with E-state index in [0.29, 0.717) is 5.56 Å². The fraction of sp³-hybridized carbons (Fsp3) is 0.267. The van der Waals surface area contributed by atoms with Crippen LogP contribution in [0.15, 0.2) is 30.3 Å². The molecule has 22 heavy (non-hydrogen) atoms. The highest BCUT2D eigenvalue weighted by Crippen LogP contribution is 2.11. The molecule has 1 heterocycles. The zero-order valence-corrected chi connectivity index (χ0v) is 12.0. The van der Waals surface area contributed by atoms with Gasteiger partial charge in [0, 0.05) is 12.2 Å². The Morgan fingerprint density at radius 2 is 2.18 bits per heavy atom. The van der Waals surface area contributed by atoms with Gasteiger partial charge in [-0.1, -0.05) is 12.1 Å². The van der Waals surface area contributed by atoms with Crippen LogP contribution in [0.3, 0.4) is 0 Å². The average molecular weight is 305 g/mol. The van der Waals surface area contributed by atoms with Crippen LogP contribution in [0, 0.1) is 18.7 Å². The third-order valence-electron chi connectivity index (χ3n) is 3.17. The zero-order chi connectivity index (χ0) is 16.1. The molecule has 0 aliphatic carbocycles. The number of halogens is 1.